The van der Waals surface area contributed by atoms with Gasteiger partial charge in [-0.2, -0.15) is 0 Å². The Morgan fingerprint density at radius 2 is 1.80 bits per heavy atom. The lowest BCUT2D eigenvalue weighted by Gasteiger charge is -2.34. The van der Waals surface area contributed by atoms with E-state index in [0.29, 0.717) is 11.8 Å². The summed E-state index contributed by atoms with van der Waals surface area (Å²) in [6.45, 7) is 7.40. The van der Waals surface area contributed by atoms with Crippen LogP contribution in [0, 0.1) is 17.6 Å². The molecule has 0 bridgehead atoms. The Labute approximate surface area is 120 Å². The molecule has 1 saturated carbocycles. The van der Waals surface area contributed by atoms with Gasteiger partial charge < -0.3 is 5.32 Å². The topological polar surface area (TPSA) is 12.0 Å². The standard InChI is InChI=1S/C17H25F2N/c1-17(2,3)20-11-13-6-4-5-7-14(13)12-8-9-15(18)16(19)10-12/h8-10,13-14,20H,4-7,11H2,1-3H3. The van der Waals surface area contributed by atoms with E-state index in [0.717, 1.165) is 24.9 Å². The number of benzene rings is 1. The van der Waals surface area contributed by atoms with E-state index >= 15 is 0 Å². The molecule has 1 N–H and O–H groups in total. The van der Waals surface area contributed by atoms with Crippen molar-refractivity contribution in [3.63, 3.8) is 0 Å². The molecule has 0 aromatic heterocycles. The average Bonchev–Trinajstić information content (AvgIpc) is 2.39. The number of halogens is 2. The van der Waals surface area contributed by atoms with Gasteiger partial charge in [0, 0.05) is 5.54 Å². The van der Waals surface area contributed by atoms with Gasteiger partial charge in [0.1, 0.15) is 0 Å². The van der Waals surface area contributed by atoms with Crippen molar-refractivity contribution in [2.75, 3.05) is 6.54 Å². The summed E-state index contributed by atoms with van der Waals surface area (Å²) < 4.78 is 26.5. The maximum absolute atomic E-state index is 13.4. The summed E-state index contributed by atoms with van der Waals surface area (Å²) >= 11 is 0. The molecule has 2 rings (SSSR count). The zero-order valence-electron chi connectivity index (χ0n) is 12.7. The average molecular weight is 281 g/mol. The molecule has 0 heterocycles. The minimum absolute atomic E-state index is 0.0933. The predicted octanol–water partition coefficient (Wildman–Crippen LogP) is 4.63. The first kappa shape index (κ1) is 15.4. The van der Waals surface area contributed by atoms with Crippen LogP contribution in [-0.4, -0.2) is 12.1 Å². The minimum Gasteiger partial charge on any atom is -0.312 e. The Morgan fingerprint density at radius 1 is 1.10 bits per heavy atom. The van der Waals surface area contributed by atoms with Crippen molar-refractivity contribution >= 4 is 0 Å². The highest BCUT2D eigenvalue weighted by Crippen LogP contribution is 2.38. The zero-order valence-corrected chi connectivity index (χ0v) is 12.7. The van der Waals surface area contributed by atoms with Crippen molar-refractivity contribution in [2.45, 2.75) is 57.9 Å². The molecule has 3 heteroatoms. The monoisotopic (exact) mass is 281 g/mol. The number of rotatable bonds is 3. The molecule has 0 saturated heterocycles. The molecule has 0 spiro atoms. The summed E-state index contributed by atoms with van der Waals surface area (Å²) in [6, 6.07) is 4.39. The van der Waals surface area contributed by atoms with Gasteiger partial charge in [-0.15, -0.1) is 0 Å². The first-order valence-electron chi connectivity index (χ1n) is 7.57. The van der Waals surface area contributed by atoms with Gasteiger partial charge in [-0.05, 0) is 69.7 Å². The van der Waals surface area contributed by atoms with Crippen LogP contribution in [0.3, 0.4) is 0 Å². The number of nitrogens with one attached hydrogen (secondary N) is 1. The Bertz CT molecular complexity index is 451. The summed E-state index contributed by atoms with van der Waals surface area (Å²) in [4.78, 5) is 0. The maximum atomic E-state index is 13.4. The summed E-state index contributed by atoms with van der Waals surface area (Å²) in [5.74, 6) is -0.633. The third-order valence-electron chi connectivity index (χ3n) is 4.18. The van der Waals surface area contributed by atoms with Crippen LogP contribution in [0.15, 0.2) is 18.2 Å². The first-order chi connectivity index (χ1) is 9.37. The van der Waals surface area contributed by atoms with Crippen molar-refractivity contribution < 1.29 is 8.78 Å². The van der Waals surface area contributed by atoms with Gasteiger partial charge in [-0.3, -0.25) is 0 Å². The molecule has 1 aromatic carbocycles. The van der Waals surface area contributed by atoms with Crippen molar-refractivity contribution in [1.29, 1.82) is 0 Å². The van der Waals surface area contributed by atoms with Crippen molar-refractivity contribution in [2.24, 2.45) is 5.92 Å². The van der Waals surface area contributed by atoms with Gasteiger partial charge in [0.05, 0.1) is 0 Å². The fraction of sp³-hybridized carbons (Fsp3) is 0.647. The summed E-state index contributed by atoms with van der Waals surface area (Å²) in [7, 11) is 0. The molecule has 2 atom stereocenters. The van der Waals surface area contributed by atoms with Crippen molar-refractivity contribution in [3.8, 4) is 0 Å². The smallest absolute Gasteiger partial charge is 0.159 e. The molecular weight excluding hydrogens is 256 g/mol. The second-order valence-electron chi connectivity index (χ2n) is 6.96. The Morgan fingerprint density at radius 3 is 2.45 bits per heavy atom. The predicted molar refractivity (Wildman–Crippen MR) is 78.8 cm³/mol. The first-order valence-corrected chi connectivity index (χ1v) is 7.57. The van der Waals surface area contributed by atoms with Crippen molar-refractivity contribution in [1.82, 2.24) is 5.32 Å². The molecule has 1 aliphatic carbocycles. The molecule has 0 aliphatic heterocycles. The highest BCUT2D eigenvalue weighted by atomic mass is 19.2. The molecule has 0 radical (unpaired) electrons. The van der Waals surface area contributed by atoms with E-state index in [1.165, 1.54) is 25.0 Å². The maximum Gasteiger partial charge on any atom is 0.159 e. The quantitative estimate of drug-likeness (QED) is 0.852. The lowest BCUT2D eigenvalue weighted by Crippen LogP contribution is -2.41. The van der Waals surface area contributed by atoms with Crippen LogP contribution in [0.1, 0.15) is 57.9 Å². The molecule has 1 aliphatic rings. The Kier molecular flexibility index (Phi) is 4.79. The molecular formula is C17H25F2N. The number of hydrogen-bond acceptors (Lipinski definition) is 1. The largest absolute Gasteiger partial charge is 0.312 e. The minimum atomic E-state index is -0.756. The van der Waals surface area contributed by atoms with E-state index in [1.807, 2.05) is 0 Å². The van der Waals surface area contributed by atoms with Crippen LogP contribution in [0.2, 0.25) is 0 Å². The third kappa shape index (κ3) is 4.02. The third-order valence-corrected chi connectivity index (χ3v) is 4.18. The van der Waals surface area contributed by atoms with E-state index in [4.69, 9.17) is 0 Å². The highest BCUT2D eigenvalue weighted by Gasteiger charge is 2.28. The van der Waals surface area contributed by atoms with Crippen molar-refractivity contribution in [3.05, 3.63) is 35.4 Å². The summed E-state index contributed by atoms with van der Waals surface area (Å²) in [5, 5.41) is 3.55. The van der Waals surface area contributed by atoms with Crippen LogP contribution in [0.4, 0.5) is 8.78 Å². The van der Waals surface area contributed by atoms with Gasteiger partial charge in [0.15, 0.2) is 11.6 Å². The molecule has 112 valence electrons. The SMILES string of the molecule is CC(C)(C)NCC1CCCCC1c1ccc(F)c(F)c1. The van der Waals surface area contributed by atoms with Crippen LogP contribution in [-0.2, 0) is 0 Å². The van der Waals surface area contributed by atoms with Gasteiger partial charge in [0.25, 0.3) is 0 Å². The van der Waals surface area contributed by atoms with Crippen LogP contribution in [0.5, 0.6) is 0 Å². The lowest BCUT2D eigenvalue weighted by molar-refractivity contribution is 0.269. The van der Waals surface area contributed by atoms with Gasteiger partial charge in [0.2, 0.25) is 0 Å². The van der Waals surface area contributed by atoms with Gasteiger partial charge in [-0.1, -0.05) is 18.9 Å². The normalized spacial score (nSPS) is 23.9. The highest BCUT2D eigenvalue weighted by molar-refractivity contribution is 5.23. The Balaban J connectivity index is 2.11. The zero-order chi connectivity index (χ0) is 14.8. The molecule has 2 unspecified atom stereocenters. The second kappa shape index (κ2) is 6.21. The summed E-state index contributed by atoms with van der Waals surface area (Å²) in [5.41, 5.74) is 1.04. The molecule has 1 fully saturated rings. The van der Waals surface area contributed by atoms with E-state index in [1.54, 1.807) is 6.07 Å². The van der Waals surface area contributed by atoms with Gasteiger partial charge >= 0.3 is 0 Å². The van der Waals surface area contributed by atoms with E-state index in [-0.39, 0.29) is 5.54 Å². The fourth-order valence-electron chi connectivity index (χ4n) is 3.07. The Hall–Kier alpha value is -0.960. The summed E-state index contributed by atoms with van der Waals surface area (Å²) in [6.07, 6.45) is 4.64. The van der Waals surface area contributed by atoms with Gasteiger partial charge in [-0.25, -0.2) is 8.78 Å². The molecule has 20 heavy (non-hydrogen) atoms. The van der Waals surface area contributed by atoms with Crippen LogP contribution >= 0.6 is 0 Å². The number of hydrogen-bond donors (Lipinski definition) is 1. The molecule has 1 nitrogen and oxygen atoms in total. The van der Waals surface area contributed by atoms with E-state index in [9.17, 15) is 8.78 Å². The van der Waals surface area contributed by atoms with E-state index < -0.39 is 11.6 Å². The lowest BCUT2D eigenvalue weighted by atomic mass is 9.75. The van der Waals surface area contributed by atoms with Crippen LogP contribution < -0.4 is 5.32 Å². The molecule has 1 aromatic rings. The molecule has 0 amide bonds. The van der Waals surface area contributed by atoms with E-state index in [2.05, 4.69) is 26.1 Å². The van der Waals surface area contributed by atoms with Crippen LogP contribution in [0.25, 0.3) is 0 Å². The second-order valence-corrected chi connectivity index (χ2v) is 6.96. The fourth-order valence-corrected chi connectivity index (χ4v) is 3.07.